The molecule has 0 heterocycles. The first-order valence-electron chi connectivity index (χ1n) is 4.38. The maximum absolute atomic E-state index is 11.5. The summed E-state index contributed by atoms with van der Waals surface area (Å²) in [6.07, 6.45) is 0. The van der Waals surface area contributed by atoms with Crippen LogP contribution >= 0.6 is 0 Å². The summed E-state index contributed by atoms with van der Waals surface area (Å²) >= 11 is 0. The molecule has 4 heteroatoms. The van der Waals surface area contributed by atoms with E-state index in [0.29, 0.717) is 18.7 Å². The Kier molecular flexibility index (Phi) is 7.84. The average Bonchev–Trinajstić information content (AvgIpc) is 2.26. The van der Waals surface area contributed by atoms with Crippen molar-refractivity contribution >= 4 is 5.97 Å². The summed E-state index contributed by atoms with van der Waals surface area (Å²) in [4.78, 5) is 16.5. The van der Waals surface area contributed by atoms with Crippen LogP contribution in [0.25, 0.3) is 0 Å². The van der Waals surface area contributed by atoms with Crippen LogP contribution in [0.2, 0.25) is 0 Å². The maximum Gasteiger partial charge on any atom is 0.356 e. The SMILES string of the molecule is [CH2-]CN(C[CH2-])OC(=O)c1ccccc1.[Y]. The van der Waals surface area contributed by atoms with Gasteiger partial charge in [-0.2, -0.15) is 5.06 Å². The minimum absolute atomic E-state index is 0. The minimum Gasteiger partial charge on any atom is -0.369 e. The largest absolute Gasteiger partial charge is 0.369 e. The zero-order valence-corrected chi connectivity index (χ0v) is 11.4. The Morgan fingerprint density at radius 2 is 1.73 bits per heavy atom. The molecular weight excluding hydrogens is 267 g/mol. The monoisotopic (exact) mass is 280 g/mol. The Labute approximate surface area is 116 Å². The first-order valence-corrected chi connectivity index (χ1v) is 4.38. The van der Waals surface area contributed by atoms with Crippen molar-refractivity contribution in [1.82, 2.24) is 5.06 Å². The van der Waals surface area contributed by atoms with Gasteiger partial charge < -0.3 is 18.7 Å². The molecule has 1 aromatic rings. The van der Waals surface area contributed by atoms with Gasteiger partial charge in [0.1, 0.15) is 0 Å². The van der Waals surface area contributed by atoms with E-state index in [1.807, 2.05) is 6.07 Å². The Morgan fingerprint density at radius 1 is 1.20 bits per heavy atom. The molecule has 0 aromatic heterocycles. The van der Waals surface area contributed by atoms with Crippen LogP contribution in [0.3, 0.4) is 0 Å². The molecule has 0 bridgehead atoms. The van der Waals surface area contributed by atoms with Gasteiger partial charge >= 0.3 is 5.97 Å². The van der Waals surface area contributed by atoms with Crippen molar-refractivity contribution in [2.24, 2.45) is 0 Å². The number of carbonyl (C=O) groups is 1. The molecule has 0 amide bonds. The van der Waals surface area contributed by atoms with Gasteiger partial charge in [-0.3, -0.25) is 0 Å². The van der Waals surface area contributed by atoms with E-state index >= 15 is 0 Å². The van der Waals surface area contributed by atoms with Gasteiger partial charge in [-0.15, -0.1) is 0 Å². The number of hydrogen-bond acceptors (Lipinski definition) is 3. The van der Waals surface area contributed by atoms with E-state index in [2.05, 4.69) is 13.8 Å². The van der Waals surface area contributed by atoms with Crippen LogP contribution in [0.4, 0.5) is 0 Å². The molecule has 0 N–H and O–H groups in total. The van der Waals surface area contributed by atoms with E-state index in [4.69, 9.17) is 4.84 Å². The molecule has 1 aromatic carbocycles. The van der Waals surface area contributed by atoms with Crippen LogP contribution in [0.1, 0.15) is 10.4 Å². The van der Waals surface area contributed by atoms with Crippen LogP contribution in [-0.4, -0.2) is 24.1 Å². The van der Waals surface area contributed by atoms with Gasteiger partial charge in [0.2, 0.25) is 0 Å². The quantitative estimate of drug-likeness (QED) is 0.621. The van der Waals surface area contributed by atoms with Crippen LogP contribution in [0.15, 0.2) is 30.3 Å². The van der Waals surface area contributed by atoms with Crippen LogP contribution in [0.5, 0.6) is 0 Å². The van der Waals surface area contributed by atoms with Crippen LogP contribution in [-0.2, 0) is 37.5 Å². The topological polar surface area (TPSA) is 29.5 Å². The Bertz CT molecular complexity index is 286. The van der Waals surface area contributed by atoms with Crippen molar-refractivity contribution in [2.45, 2.75) is 0 Å². The number of carbonyl (C=O) groups excluding carboxylic acids is 1. The number of hydrogen-bond donors (Lipinski definition) is 0. The number of nitrogens with zero attached hydrogens (tertiary/aromatic N) is 1. The van der Waals surface area contributed by atoms with Gasteiger partial charge in [0.05, 0.1) is 5.56 Å². The number of hydroxylamine groups is 2. The fourth-order valence-electron chi connectivity index (χ4n) is 0.947. The van der Waals surface area contributed by atoms with Gasteiger partial charge in [-0.1, -0.05) is 31.3 Å². The van der Waals surface area contributed by atoms with E-state index in [9.17, 15) is 4.79 Å². The summed E-state index contributed by atoms with van der Waals surface area (Å²) in [5.74, 6) is -0.377. The van der Waals surface area contributed by atoms with Gasteiger partial charge in [0, 0.05) is 32.7 Å². The standard InChI is InChI=1S/C11H13NO2.Y/c1-3-12(4-2)14-11(13)10-8-6-5-7-9-10;/h5-9H,1-4H2;/q-2;. The van der Waals surface area contributed by atoms with Crippen molar-refractivity contribution in [3.05, 3.63) is 49.7 Å². The summed E-state index contributed by atoms with van der Waals surface area (Å²) < 4.78 is 0. The molecule has 0 fully saturated rings. The second-order valence-corrected chi connectivity index (χ2v) is 2.67. The normalized spacial score (nSPS) is 9.53. The Hall–Kier alpha value is -0.246. The van der Waals surface area contributed by atoms with Gasteiger partial charge in [-0.25, -0.2) is 4.79 Å². The van der Waals surface area contributed by atoms with Crippen LogP contribution in [0, 0.1) is 13.8 Å². The molecule has 0 aliphatic heterocycles. The molecule has 1 radical (unpaired) electrons. The van der Waals surface area contributed by atoms with E-state index in [1.165, 1.54) is 5.06 Å². The maximum atomic E-state index is 11.5. The third-order valence-corrected chi connectivity index (χ3v) is 1.72. The minimum atomic E-state index is -0.377. The third-order valence-electron chi connectivity index (χ3n) is 1.72. The molecule has 0 atom stereocenters. The van der Waals surface area contributed by atoms with Gasteiger partial charge in [0.25, 0.3) is 0 Å². The second-order valence-electron chi connectivity index (χ2n) is 2.67. The summed E-state index contributed by atoms with van der Waals surface area (Å²) in [5, 5.41) is 1.40. The average molecular weight is 280 g/mol. The van der Waals surface area contributed by atoms with Gasteiger partial charge in [0.15, 0.2) is 0 Å². The molecule has 1 rings (SSSR count). The second kappa shape index (κ2) is 7.97. The van der Waals surface area contributed by atoms with Crippen molar-refractivity contribution in [3.63, 3.8) is 0 Å². The Balaban J connectivity index is 0.00000196. The number of benzene rings is 1. The summed E-state index contributed by atoms with van der Waals surface area (Å²) in [7, 11) is 0. The summed E-state index contributed by atoms with van der Waals surface area (Å²) in [6, 6.07) is 8.82. The first kappa shape index (κ1) is 14.8. The molecule has 0 saturated heterocycles. The zero-order valence-electron chi connectivity index (χ0n) is 8.56. The van der Waals surface area contributed by atoms with E-state index in [-0.39, 0.29) is 38.7 Å². The molecule has 0 spiro atoms. The molecular formula is C11H13NO2Y-2. The molecule has 0 aliphatic rings. The van der Waals surface area contributed by atoms with E-state index < -0.39 is 0 Å². The van der Waals surface area contributed by atoms with Crippen LogP contribution < -0.4 is 0 Å². The van der Waals surface area contributed by atoms with Crippen molar-refractivity contribution < 1.29 is 42.3 Å². The third kappa shape index (κ3) is 4.87. The molecule has 0 unspecified atom stereocenters. The van der Waals surface area contributed by atoms with Crippen molar-refractivity contribution in [1.29, 1.82) is 0 Å². The van der Waals surface area contributed by atoms with Crippen molar-refractivity contribution in [2.75, 3.05) is 13.1 Å². The molecule has 0 aliphatic carbocycles. The van der Waals surface area contributed by atoms with Gasteiger partial charge in [-0.05, 0) is 12.1 Å². The fraction of sp³-hybridized carbons (Fsp3) is 0.182. The predicted molar refractivity (Wildman–Crippen MR) is 54.1 cm³/mol. The molecule has 15 heavy (non-hydrogen) atoms. The molecule has 79 valence electrons. The number of rotatable bonds is 4. The van der Waals surface area contributed by atoms with E-state index in [0.717, 1.165) is 0 Å². The molecule has 0 saturated carbocycles. The zero-order chi connectivity index (χ0) is 10.4. The fourth-order valence-corrected chi connectivity index (χ4v) is 0.947. The Morgan fingerprint density at radius 3 is 2.20 bits per heavy atom. The van der Waals surface area contributed by atoms with Crippen molar-refractivity contribution in [3.8, 4) is 0 Å². The molecule has 3 nitrogen and oxygen atoms in total. The summed E-state index contributed by atoms with van der Waals surface area (Å²) in [5.41, 5.74) is 0.527. The van der Waals surface area contributed by atoms with E-state index in [1.54, 1.807) is 24.3 Å². The summed E-state index contributed by atoms with van der Waals surface area (Å²) in [6.45, 7) is 8.01. The predicted octanol–water partition coefficient (Wildman–Crippen LogP) is 1.73. The first-order chi connectivity index (χ1) is 6.77. The smallest absolute Gasteiger partial charge is 0.356 e.